The summed E-state index contributed by atoms with van der Waals surface area (Å²) in [4.78, 5) is 0. The number of hydrogen-bond acceptors (Lipinski definition) is 1. The summed E-state index contributed by atoms with van der Waals surface area (Å²) in [6.45, 7) is 2.07. The van der Waals surface area contributed by atoms with Crippen LogP contribution in [-0.2, 0) is 6.42 Å². The molecule has 0 spiro atoms. The van der Waals surface area contributed by atoms with Gasteiger partial charge in [-0.1, -0.05) is 48.9 Å². The molecule has 0 saturated heterocycles. The molecule has 0 heterocycles. The van der Waals surface area contributed by atoms with Crippen molar-refractivity contribution in [3.63, 3.8) is 0 Å². The van der Waals surface area contributed by atoms with E-state index in [-0.39, 0.29) is 5.02 Å². The number of rotatable bonds is 3. The lowest BCUT2D eigenvalue weighted by Crippen LogP contribution is -2.01. The van der Waals surface area contributed by atoms with Gasteiger partial charge in [0.05, 0.1) is 0 Å². The molecule has 2 aromatic rings. The Morgan fingerprint density at radius 3 is 2.39 bits per heavy atom. The van der Waals surface area contributed by atoms with Gasteiger partial charge in [0.1, 0.15) is 11.9 Å². The number of halogens is 2. The van der Waals surface area contributed by atoms with Crippen LogP contribution >= 0.6 is 11.6 Å². The van der Waals surface area contributed by atoms with Crippen LogP contribution in [0.2, 0.25) is 5.02 Å². The molecular weight excluding hydrogens is 251 g/mol. The van der Waals surface area contributed by atoms with Crippen molar-refractivity contribution in [2.24, 2.45) is 0 Å². The largest absolute Gasteiger partial charge is 0.384 e. The molecule has 1 N–H and O–H groups in total. The normalized spacial score (nSPS) is 12.4. The lowest BCUT2D eigenvalue weighted by Gasteiger charge is -2.13. The average Bonchev–Trinajstić information content (AvgIpc) is 2.38. The molecule has 1 atom stereocenters. The number of aryl methyl sites for hydroxylation is 1. The zero-order valence-electron chi connectivity index (χ0n) is 10.0. The van der Waals surface area contributed by atoms with E-state index >= 15 is 0 Å². The van der Waals surface area contributed by atoms with Crippen LogP contribution in [0.5, 0.6) is 0 Å². The molecule has 0 aromatic heterocycles. The second kappa shape index (κ2) is 5.51. The van der Waals surface area contributed by atoms with E-state index in [2.05, 4.69) is 6.92 Å². The van der Waals surface area contributed by atoms with Crippen molar-refractivity contribution in [3.05, 3.63) is 70.0 Å². The van der Waals surface area contributed by atoms with Crippen LogP contribution in [0.25, 0.3) is 0 Å². The Kier molecular flexibility index (Phi) is 4.00. The van der Waals surface area contributed by atoms with E-state index in [4.69, 9.17) is 11.6 Å². The predicted molar refractivity (Wildman–Crippen MR) is 71.3 cm³/mol. The summed E-state index contributed by atoms with van der Waals surface area (Å²) in [6.07, 6.45) is 0.122. The van der Waals surface area contributed by atoms with Crippen LogP contribution in [0.15, 0.2) is 42.5 Å². The number of aliphatic hydroxyl groups excluding tert-OH is 1. The van der Waals surface area contributed by atoms with Gasteiger partial charge < -0.3 is 5.11 Å². The number of aliphatic hydroxyl groups is 1. The Labute approximate surface area is 111 Å². The van der Waals surface area contributed by atoms with Crippen molar-refractivity contribution < 1.29 is 9.50 Å². The molecular formula is C15H14ClFO. The van der Waals surface area contributed by atoms with Crippen LogP contribution in [0.3, 0.4) is 0 Å². The predicted octanol–water partition coefficient (Wildman–Crippen LogP) is 4.12. The highest BCUT2D eigenvalue weighted by Crippen LogP contribution is 2.28. The lowest BCUT2D eigenvalue weighted by atomic mass is 10.00. The zero-order valence-corrected chi connectivity index (χ0v) is 10.8. The smallest absolute Gasteiger partial charge is 0.124 e. The van der Waals surface area contributed by atoms with Gasteiger partial charge in [0.15, 0.2) is 0 Å². The van der Waals surface area contributed by atoms with E-state index in [9.17, 15) is 9.50 Å². The third-order valence-electron chi connectivity index (χ3n) is 2.96. The summed E-state index contributed by atoms with van der Waals surface area (Å²) in [6, 6.07) is 11.7. The molecule has 0 fully saturated rings. The van der Waals surface area contributed by atoms with E-state index in [1.54, 1.807) is 0 Å². The minimum absolute atomic E-state index is 0.238. The second-order valence-electron chi connectivity index (χ2n) is 4.16. The zero-order chi connectivity index (χ0) is 13.1. The fourth-order valence-corrected chi connectivity index (χ4v) is 2.11. The molecule has 2 aromatic carbocycles. The molecule has 0 aliphatic carbocycles. The van der Waals surface area contributed by atoms with Gasteiger partial charge in [-0.15, -0.1) is 0 Å². The minimum atomic E-state index is -0.830. The van der Waals surface area contributed by atoms with Crippen molar-refractivity contribution in [2.75, 3.05) is 0 Å². The van der Waals surface area contributed by atoms with Crippen molar-refractivity contribution >= 4 is 11.6 Å². The molecule has 94 valence electrons. The molecule has 3 heteroatoms. The molecule has 0 saturated carbocycles. The van der Waals surface area contributed by atoms with E-state index in [0.717, 1.165) is 12.0 Å². The maximum absolute atomic E-state index is 12.9. The molecule has 0 amide bonds. The highest BCUT2D eigenvalue weighted by atomic mass is 35.5. The molecule has 1 nitrogen and oxygen atoms in total. The minimum Gasteiger partial charge on any atom is -0.384 e. The summed E-state index contributed by atoms with van der Waals surface area (Å²) < 4.78 is 12.9. The maximum atomic E-state index is 12.9. The summed E-state index contributed by atoms with van der Waals surface area (Å²) in [5.41, 5.74) is 2.47. The third kappa shape index (κ3) is 2.71. The summed E-state index contributed by atoms with van der Waals surface area (Å²) in [5.74, 6) is -0.405. The van der Waals surface area contributed by atoms with Crippen molar-refractivity contribution in [1.82, 2.24) is 0 Å². The van der Waals surface area contributed by atoms with E-state index in [0.29, 0.717) is 5.56 Å². The summed E-state index contributed by atoms with van der Waals surface area (Å²) in [7, 11) is 0. The highest BCUT2D eigenvalue weighted by Gasteiger charge is 2.14. The van der Waals surface area contributed by atoms with Crippen LogP contribution in [0.1, 0.15) is 29.7 Å². The topological polar surface area (TPSA) is 20.2 Å². The molecule has 0 aliphatic heterocycles. The summed E-state index contributed by atoms with van der Waals surface area (Å²) in [5, 5.41) is 10.5. The molecule has 0 aliphatic rings. The molecule has 2 rings (SSSR count). The number of hydrogen-bond donors (Lipinski definition) is 1. The van der Waals surface area contributed by atoms with Gasteiger partial charge in [-0.2, -0.15) is 0 Å². The first-order chi connectivity index (χ1) is 8.61. The molecule has 0 bridgehead atoms. The first kappa shape index (κ1) is 13.1. The Bertz CT molecular complexity index is 537. The van der Waals surface area contributed by atoms with Gasteiger partial charge in [0, 0.05) is 10.6 Å². The molecule has 1 unspecified atom stereocenters. The van der Waals surface area contributed by atoms with E-state index < -0.39 is 11.9 Å². The third-order valence-corrected chi connectivity index (χ3v) is 3.29. The SMILES string of the molecule is CCc1ccc(C(O)c2ccc(F)cc2Cl)cc1. The average molecular weight is 265 g/mol. The van der Waals surface area contributed by atoms with Gasteiger partial charge in [-0.25, -0.2) is 4.39 Å². The second-order valence-corrected chi connectivity index (χ2v) is 4.57. The Morgan fingerprint density at radius 2 is 1.83 bits per heavy atom. The Balaban J connectivity index is 2.31. The monoisotopic (exact) mass is 264 g/mol. The van der Waals surface area contributed by atoms with E-state index in [1.807, 2.05) is 24.3 Å². The van der Waals surface area contributed by atoms with E-state index in [1.165, 1.54) is 23.8 Å². The van der Waals surface area contributed by atoms with Gasteiger partial charge in [0.2, 0.25) is 0 Å². The van der Waals surface area contributed by atoms with Gasteiger partial charge in [-0.05, 0) is 29.7 Å². The fourth-order valence-electron chi connectivity index (χ4n) is 1.84. The molecule has 18 heavy (non-hydrogen) atoms. The lowest BCUT2D eigenvalue weighted by molar-refractivity contribution is 0.220. The van der Waals surface area contributed by atoms with Crippen LogP contribution in [0.4, 0.5) is 4.39 Å². The first-order valence-corrected chi connectivity index (χ1v) is 6.21. The standard InChI is InChI=1S/C15H14ClFO/c1-2-10-3-5-11(6-4-10)15(18)13-8-7-12(17)9-14(13)16/h3-9,15,18H,2H2,1H3. The quantitative estimate of drug-likeness (QED) is 0.884. The van der Waals surface area contributed by atoms with Crippen molar-refractivity contribution in [3.8, 4) is 0 Å². The highest BCUT2D eigenvalue weighted by molar-refractivity contribution is 6.31. The van der Waals surface area contributed by atoms with Gasteiger partial charge >= 0.3 is 0 Å². The van der Waals surface area contributed by atoms with Gasteiger partial charge in [0.25, 0.3) is 0 Å². The molecule has 0 radical (unpaired) electrons. The van der Waals surface area contributed by atoms with Gasteiger partial charge in [-0.3, -0.25) is 0 Å². The van der Waals surface area contributed by atoms with Crippen LogP contribution in [-0.4, -0.2) is 5.11 Å². The Morgan fingerprint density at radius 1 is 1.17 bits per heavy atom. The summed E-state index contributed by atoms with van der Waals surface area (Å²) >= 11 is 5.93. The first-order valence-electron chi connectivity index (χ1n) is 5.83. The fraction of sp³-hybridized carbons (Fsp3) is 0.200. The van der Waals surface area contributed by atoms with Crippen molar-refractivity contribution in [1.29, 1.82) is 0 Å². The van der Waals surface area contributed by atoms with Crippen LogP contribution < -0.4 is 0 Å². The number of benzene rings is 2. The Hall–Kier alpha value is -1.38. The van der Waals surface area contributed by atoms with Crippen molar-refractivity contribution in [2.45, 2.75) is 19.4 Å². The van der Waals surface area contributed by atoms with Crippen LogP contribution in [0, 0.1) is 5.82 Å². The maximum Gasteiger partial charge on any atom is 0.124 e.